The Hall–Kier alpha value is -2.89. The molecular weight excluding hydrogens is 418 g/mol. The molecule has 12 heteroatoms. The highest BCUT2D eigenvalue weighted by atomic mass is 16.7. The first-order valence-corrected chi connectivity index (χ1v) is 9.49. The summed E-state index contributed by atoms with van der Waals surface area (Å²) in [7, 11) is 0. The normalized spacial score (nSPS) is 25.6. The molecule has 1 rings (SSSR count). The number of carbonyl (C=O) groups is 5. The highest BCUT2D eigenvalue weighted by Gasteiger charge is 2.52. The minimum absolute atomic E-state index is 0.401. The molecule has 1 heterocycles. The molecule has 1 fully saturated rings. The van der Waals surface area contributed by atoms with Gasteiger partial charge in [0.25, 0.3) is 0 Å². The molecule has 0 spiro atoms. The van der Waals surface area contributed by atoms with Crippen molar-refractivity contribution in [2.45, 2.75) is 84.7 Å². The number of nitrogens with one attached hydrogen (secondary N) is 1. The van der Waals surface area contributed by atoms with Crippen molar-refractivity contribution in [1.29, 1.82) is 0 Å². The van der Waals surface area contributed by atoms with Crippen molar-refractivity contribution < 1.29 is 52.4 Å². The highest BCUT2D eigenvalue weighted by Crippen LogP contribution is 2.28. The molecular formula is C19H29NO11. The van der Waals surface area contributed by atoms with Crippen LogP contribution in [0.15, 0.2) is 0 Å². The van der Waals surface area contributed by atoms with E-state index in [2.05, 4.69) is 5.32 Å². The van der Waals surface area contributed by atoms with E-state index in [1.807, 2.05) is 0 Å². The lowest BCUT2D eigenvalue weighted by Crippen LogP contribution is -2.67. The monoisotopic (exact) mass is 447 g/mol. The van der Waals surface area contributed by atoms with Crippen LogP contribution in [0.3, 0.4) is 0 Å². The first-order valence-electron chi connectivity index (χ1n) is 9.49. The number of hydrogen-bond donors (Lipinski definition) is 1. The standard InChI is InChI=1S/C19H29NO11/c1-9(21)26-8-13-15(27-10(2)22)16(28-11(3)23)14(17(30-13)29-12(4)24)20-18(25)31-19(5,6)7/h13-17H,8H2,1-7H3,(H,20,25)/t13-,14-,15-,16-,17-/m1/s1. The van der Waals surface area contributed by atoms with Gasteiger partial charge in [0.05, 0.1) is 0 Å². The number of carbonyl (C=O) groups excluding carboxylic acids is 5. The van der Waals surface area contributed by atoms with Crippen LogP contribution in [0, 0.1) is 0 Å². The summed E-state index contributed by atoms with van der Waals surface area (Å²) in [6.07, 6.45) is -6.21. The van der Waals surface area contributed by atoms with Crippen LogP contribution in [0.2, 0.25) is 0 Å². The van der Waals surface area contributed by atoms with E-state index < -0.39 is 72.8 Å². The Labute approximate surface area is 179 Å². The van der Waals surface area contributed by atoms with E-state index >= 15 is 0 Å². The smallest absolute Gasteiger partial charge is 0.408 e. The van der Waals surface area contributed by atoms with Gasteiger partial charge in [0.1, 0.15) is 24.4 Å². The average Bonchev–Trinajstić information content (AvgIpc) is 2.55. The molecule has 1 aliphatic rings. The summed E-state index contributed by atoms with van der Waals surface area (Å²) in [5, 5.41) is 2.44. The van der Waals surface area contributed by atoms with Gasteiger partial charge in [-0.1, -0.05) is 0 Å². The second kappa shape index (κ2) is 10.9. The lowest BCUT2D eigenvalue weighted by molar-refractivity contribution is -0.270. The maximum atomic E-state index is 12.4. The maximum Gasteiger partial charge on any atom is 0.408 e. The van der Waals surface area contributed by atoms with Gasteiger partial charge in [0.2, 0.25) is 6.29 Å². The summed E-state index contributed by atoms with van der Waals surface area (Å²) in [6.45, 7) is 8.98. The number of rotatable bonds is 6. The summed E-state index contributed by atoms with van der Waals surface area (Å²) in [5.41, 5.74) is -0.861. The molecule has 0 aliphatic carbocycles. The SMILES string of the molecule is CC(=O)OC[C@H]1O[C@@H](OC(C)=O)[C@H](NC(=O)OC(C)(C)C)[C@@H](OC(C)=O)[C@@H]1OC(C)=O. The summed E-state index contributed by atoms with van der Waals surface area (Å²) in [5.74, 6) is -2.93. The quantitative estimate of drug-likeness (QED) is 0.450. The van der Waals surface area contributed by atoms with E-state index in [9.17, 15) is 24.0 Å². The zero-order chi connectivity index (χ0) is 23.9. The Morgan fingerprint density at radius 3 is 1.77 bits per heavy atom. The predicted octanol–water partition coefficient (Wildman–Crippen LogP) is 0.594. The molecule has 0 aromatic heterocycles. The van der Waals surface area contributed by atoms with Gasteiger partial charge in [0.15, 0.2) is 12.2 Å². The molecule has 1 aliphatic heterocycles. The van der Waals surface area contributed by atoms with E-state index in [-0.39, 0.29) is 0 Å². The molecule has 0 aromatic carbocycles. The number of esters is 4. The number of ether oxygens (including phenoxy) is 6. The average molecular weight is 447 g/mol. The van der Waals surface area contributed by atoms with Gasteiger partial charge in [-0.2, -0.15) is 0 Å². The van der Waals surface area contributed by atoms with Crippen LogP contribution in [0.25, 0.3) is 0 Å². The lowest BCUT2D eigenvalue weighted by atomic mass is 9.96. The minimum atomic E-state index is -1.47. The fourth-order valence-corrected chi connectivity index (χ4v) is 2.76. The first-order chi connectivity index (χ1) is 14.2. The maximum absolute atomic E-state index is 12.4. The molecule has 31 heavy (non-hydrogen) atoms. The van der Waals surface area contributed by atoms with Gasteiger partial charge in [0, 0.05) is 27.7 Å². The van der Waals surface area contributed by atoms with Crippen molar-refractivity contribution in [3.05, 3.63) is 0 Å². The Morgan fingerprint density at radius 1 is 0.806 bits per heavy atom. The topological polar surface area (TPSA) is 153 Å². The van der Waals surface area contributed by atoms with Crippen molar-refractivity contribution >= 4 is 30.0 Å². The zero-order valence-electron chi connectivity index (χ0n) is 18.6. The third-order valence-electron chi connectivity index (χ3n) is 3.67. The fourth-order valence-electron chi connectivity index (χ4n) is 2.76. The van der Waals surface area contributed by atoms with E-state index in [1.165, 1.54) is 0 Å². The molecule has 1 N–H and O–H groups in total. The third-order valence-corrected chi connectivity index (χ3v) is 3.67. The lowest BCUT2D eigenvalue weighted by Gasteiger charge is -2.44. The van der Waals surface area contributed by atoms with Gasteiger partial charge < -0.3 is 33.7 Å². The van der Waals surface area contributed by atoms with Crippen LogP contribution in [-0.4, -0.2) is 72.8 Å². The van der Waals surface area contributed by atoms with Crippen molar-refractivity contribution in [3.8, 4) is 0 Å². The van der Waals surface area contributed by atoms with Crippen LogP contribution >= 0.6 is 0 Å². The van der Waals surface area contributed by atoms with Crippen molar-refractivity contribution in [2.75, 3.05) is 6.61 Å². The van der Waals surface area contributed by atoms with Gasteiger partial charge in [-0.05, 0) is 20.8 Å². The van der Waals surface area contributed by atoms with E-state index in [0.29, 0.717) is 0 Å². The third kappa shape index (κ3) is 9.20. The summed E-state index contributed by atoms with van der Waals surface area (Å²) < 4.78 is 31.5. The molecule has 0 saturated carbocycles. The van der Waals surface area contributed by atoms with E-state index in [4.69, 9.17) is 28.4 Å². The Bertz CT molecular complexity index is 699. The molecule has 0 unspecified atom stereocenters. The second-order valence-electron chi connectivity index (χ2n) is 7.78. The van der Waals surface area contributed by atoms with Gasteiger partial charge in [-0.15, -0.1) is 0 Å². The molecule has 5 atom stereocenters. The number of alkyl carbamates (subject to hydrolysis) is 1. The van der Waals surface area contributed by atoms with Gasteiger partial charge in [-0.25, -0.2) is 4.79 Å². The van der Waals surface area contributed by atoms with Crippen molar-refractivity contribution in [3.63, 3.8) is 0 Å². The Morgan fingerprint density at radius 2 is 1.32 bits per heavy atom. The Kier molecular flexibility index (Phi) is 9.22. The molecule has 1 saturated heterocycles. The van der Waals surface area contributed by atoms with Crippen LogP contribution in [0.1, 0.15) is 48.5 Å². The Balaban J connectivity index is 3.34. The van der Waals surface area contributed by atoms with E-state index in [1.54, 1.807) is 20.8 Å². The number of hydrogen-bond acceptors (Lipinski definition) is 11. The minimum Gasteiger partial charge on any atom is -0.463 e. The molecule has 0 radical (unpaired) electrons. The fraction of sp³-hybridized carbons (Fsp3) is 0.737. The summed E-state index contributed by atoms with van der Waals surface area (Å²) >= 11 is 0. The molecule has 0 bridgehead atoms. The van der Waals surface area contributed by atoms with Gasteiger partial charge >= 0.3 is 30.0 Å². The molecule has 1 amide bonds. The highest BCUT2D eigenvalue weighted by molar-refractivity contribution is 5.70. The number of amides is 1. The zero-order valence-corrected chi connectivity index (χ0v) is 18.6. The summed E-state index contributed by atoms with van der Waals surface area (Å²) in [6, 6.07) is -1.31. The van der Waals surface area contributed by atoms with Crippen LogP contribution in [-0.2, 0) is 47.6 Å². The first kappa shape index (κ1) is 26.1. The van der Waals surface area contributed by atoms with Gasteiger partial charge in [-0.3, -0.25) is 19.2 Å². The molecule has 176 valence electrons. The van der Waals surface area contributed by atoms with Crippen molar-refractivity contribution in [1.82, 2.24) is 5.32 Å². The van der Waals surface area contributed by atoms with Crippen molar-refractivity contribution in [2.24, 2.45) is 0 Å². The van der Waals surface area contributed by atoms with Crippen LogP contribution in [0.4, 0.5) is 4.79 Å². The van der Waals surface area contributed by atoms with Crippen LogP contribution < -0.4 is 5.32 Å². The molecule has 12 nitrogen and oxygen atoms in total. The largest absolute Gasteiger partial charge is 0.463 e. The van der Waals surface area contributed by atoms with E-state index in [0.717, 1.165) is 27.7 Å². The van der Waals surface area contributed by atoms with Crippen LogP contribution in [0.5, 0.6) is 0 Å². The summed E-state index contributed by atoms with van der Waals surface area (Å²) in [4.78, 5) is 58.7. The molecule has 0 aromatic rings. The predicted molar refractivity (Wildman–Crippen MR) is 101 cm³/mol. The second-order valence-corrected chi connectivity index (χ2v) is 7.78.